The average molecular weight is 346 g/mol. The molecule has 25 heavy (non-hydrogen) atoms. The molecule has 0 bridgehead atoms. The fraction of sp³-hybridized carbons (Fsp3) is 0.105. The number of aromatic amines is 1. The van der Waals surface area contributed by atoms with E-state index in [0.717, 1.165) is 22.0 Å². The first kappa shape index (κ1) is 15.4. The lowest BCUT2D eigenvalue weighted by Gasteiger charge is -2.12. The number of fused-ring (bicyclic) bond motifs is 2. The molecule has 3 aromatic heterocycles. The number of Topliss-reactive ketones (excluding diaryl/α,β-unsaturated/α-hetero) is 1. The third-order valence-electron chi connectivity index (χ3n) is 4.37. The first-order valence-corrected chi connectivity index (χ1v) is 8.54. The van der Waals surface area contributed by atoms with Gasteiger partial charge in [-0.25, -0.2) is 4.98 Å². The normalized spacial score (nSPS) is 11.1. The molecule has 0 aliphatic heterocycles. The molecule has 0 fully saturated rings. The number of thiophene rings is 1. The smallest absolute Gasteiger partial charge is 0.162 e. The number of nitrogen functional groups attached to an aromatic ring is 1. The van der Waals surface area contributed by atoms with Crippen LogP contribution in [0.1, 0.15) is 27.9 Å². The van der Waals surface area contributed by atoms with Crippen LogP contribution in [0, 0.1) is 18.3 Å². The highest BCUT2D eigenvalue weighted by atomic mass is 32.1. The minimum Gasteiger partial charge on any atom is -0.396 e. The maximum atomic E-state index is 12.4. The molecule has 0 saturated carbocycles. The Balaban J connectivity index is 2.25. The zero-order valence-electron chi connectivity index (χ0n) is 13.7. The second kappa shape index (κ2) is 5.43. The van der Waals surface area contributed by atoms with Gasteiger partial charge in [-0.2, -0.15) is 5.26 Å². The summed E-state index contributed by atoms with van der Waals surface area (Å²) in [7, 11) is 0. The monoisotopic (exact) mass is 346 g/mol. The van der Waals surface area contributed by atoms with Gasteiger partial charge in [0.1, 0.15) is 15.8 Å². The van der Waals surface area contributed by atoms with Gasteiger partial charge in [-0.05, 0) is 19.9 Å². The number of nitriles is 1. The van der Waals surface area contributed by atoms with Gasteiger partial charge in [0, 0.05) is 39.2 Å². The summed E-state index contributed by atoms with van der Waals surface area (Å²) in [5.41, 5.74) is 10.4. The van der Waals surface area contributed by atoms with E-state index in [9.17, 15) is 10.1 Å². The molecule has 6 heteroatoms. The molecule has 3 N–H and O–H groups in total. The van der Waals surface area contributed by atoms with Crippen molar-refractivity contribution in [2.75, 3.05) is 5.73 Å². The highest BCUT2D eigenvalue weighted by Gasteiger charge is 2.24. The van der Waals surface area contributed by atoms with Crippen LogP contribution in [0.15, 0.2) is 30.5 Å². The van der Waals surface area contributed by atoms with E-state index in [4.69, 9.17) is 5.73 Å². The summed E-state index contributed by atoms with van der Waals surface area (Å²) in [6, 6.07) is 10.0. The Bertz CT molecular complexity index is 1210. The zero-order chi connectivity index (χ0) is 17.7. The largest absolute Gasteiger partial charge is 0.396 e. The number of nitrogens with zero attached hydrogens (tertiary/aromatic N) is 2. The Morgan fingerprint density at radius 2 is 2.12 bits per heavy atom. The number of rotatable bonds is 2. The first-order valence-electron chi connectivity index (χ1n) is 7.73. The van der Waals surface area contributed by atoms with Crippen LogP contribution < -0.4 is 5.73 Å². The first-order chi connectivity index (χ1) is 12.0. The van der Waals surface area contributed by atoms with E-state index < -0.39 is 0 Å². The topological polar surface area (TPSA) is 95.6 Å². The van der Waals surface area contributed by atoms with Crippen molar-refractivity contribution in [3.63, 3.8) is 0 Å². The Kier molecular flexibility index (Phi) is 3.34. The van der Waals surface area contributed by atoms with Crippen molar-refractivity contribution in [3.8, 4) is 17.2 Å². The van der Waals surface area contributed by atoms with Gasteiger partial charge >= 0.3 is 0 Å². The SMILES string of the molecule is CC(=O)c1c(C)nc2sc(C#N)c(N)c2c1-c1c[nH]c2ccccc12. The molecule has 0 spiro atoms. The van der Waals surface area contributed by atoms with Gasteiger partial charge in [-0.15, -0.1) is 11.3 Å². The number of benzene rings is 1. The second-order valence-corrected chi connectivity index (χ2v) is 6.89. The molecule has 0 amide bonds. The van der Waals surface area contributed by atoms with E-state index in [0.29, 0.717) is 32.0 Å². The Labute approximate surface area is 147 Å². The molecular formula is C19H14N4OS. The van der Waals surface area contributed by atoms with E-state index in [-0.39, 0.29) is 5.78 Å². The fourth-order valence-electron chi connectivity index (χ4n) is 3.33. The van der Waals surface area contributed by atoms with Crippen molar-refractivity contribution in [2.24, 2.45) is 0 Å². The van der Waals surface area contributed by atoms with Gasteiger partial charge in [0.2, 0.25) is 0 Å². The lowest BCUT2D eigenvalue weighted by Crippen LogP contribution is -2.03. The molecular weight excluding hydrogens is 332 g/mol. The van der Waals surface area contributed by atoms with Gasteiger partial charge in [0.15, 0.2) is 5.78 Å². The van der Waals surface area contributed by atoms with Crippen molar-refractivity contribution in [1.29, 1.82) is 5.26 Å². The molecule has 4 aromatic rings. The Morgan fingerprint density at radius 3 is 2.84 bits per heavy atom. The number of hydrogen-bond acceptors (Lipinski definition) is 5. The van der Waals surface area contributed by atoms with Crippen LogP contribution >= 0.6 is 11.3 Å². The number of carbonyl (C=O) groups is 1. The standard InChI is InChI=1S/C19H14N4OS/c1-9-15(10(2)24)16(12-8-22-13-6-4-3-5-11(12)13)17-18(21)14(7-20)25-19(17)23-9/h3-6,8,22H,21H2,1-2H3. The Morgan fingerprint density at radius 1 is 1.36 bits per heavy atom. The number of carbonyl (C=O) groups excluding carboxylic acids is 1. The van der Waals surface area contributed by atoms with E-state index >= 15 is 0 Å². The van der Waals surface area contributed by atoms with Crippen LogP contribution in [0.5, 0.6) is 0 Å². The molecule has 0 aliphatic carbocycles. The van der Waals surface area contributed by atoms with Crippen LogP contribution in [0.3, 0.4) is 0 Å². The predicted molar refractivity (Wildman–Crippen MR) is 101 cm³/mol. The molecule has 122 valence electrons. The number of nitrogens with one attached hydrogen (secondary N) is 1. The highest BCUT2D eigenvalue weighted by Crippen LogP contribution is 2.43. The van der Waals surface area contributed by atoms with Crippen molar-refractivity contribution in [2.45, 2.75) is 13.8 Å². The maximum absolute atomic E-state index is 12.4. The van der Waals surface area contributed by atoms with Crippen molar-refractivity contribution >= 4 is 43.9 Å². The highest BCUT2D eigenvalue weighted by molar-refractivity contribution is 7.20. The van der Waals surface area contributed by atoms with E-state index in [1.165, 1.54) is 18.3 Å². The van der Waals surface area contributed by atoms with Crippen LogP contribution in [-0.2, 0) is 0 Å². The summed E-state index contributed by atoms with van der Waals surface area (Å²) in [6.45, 7) is 3.35. The number of hydrogen-bond donors (Lipinski definition) is 2. The molecule has 5 nitrogen and oxygen atoms in total. The summed E-state index contributed by atoms with van der Waals surface area (Å²) >= 11 is 1.26. The maximum Gasteiger partial charge on any atom is 0.162 e. The fourth-order valence-corrected chi connectivity index (χ4v) is 4.28. The number of aryl methyl sites for hydroxylation is 1. The lowest BCUT2D eigenvalue weighted by atomic mass is 9.93. The van der Waals surface area contributed by atoms with Crippen LogP contribution in [0.4, 0.5) is 5.69 Å². The summed E-state index contributed by atoms with van der Waals surface area (Å²) in [4.78, 5) is 21.3. The molecule has 4 rings (SSSR count). The summed E-state index contributed by atoms with van der Waals surface area (Å²) < 4.78 is 0. The van der Waals surface area contributed by atoms with Gasteiger partial charge < -0.3 is 10.7 Å². The molecule has 0 unspecified atom stereocenters. The minimum atomic E-state index is -0.0729. The summed E-state index contributed by atoms with van der Waals surface area (Å²) in [5, 5.41) is 11.0. The quantitative estimate of drug-likeness (QED) is 0.526. The van der Waals surface area contributed by atoms with Crippen LogP contribution in [-0.4, -0.2) is 15.8 Å². The number of para-hydroxylation sites is 1. The van der Waals surface area contributed by atoms with Gasteiger partial charge in [0.25, 0.3) is 0 Å². The molecule has 0 aliphatic rings. The number of nitrogens with two attached hydrogens (primary N) is 1. The molecule has 0 atom stereocenters. The number of anilines is 1. The number of pyridine rings is 1. The Hall–Kier alpha value is -3.17. The van der Waals surface area contributed by atoms with Crippen LogP contribution in [0.2, 0.25) is 0 Å². The molecule has 3 heterocycles. The number of aromatic nitrogens is 2. The number of ketones is 1. The van der Waals surface area contributed by atoms with Gasteiger partial charge in [0.05, 0.1) is 11.4 Å². The van der Waals surface area contributed by atoms with Crippen molar-refractivity contribution in [3.05, 3.63) is 46.6 Å². The van der Waals surface area contributed by atoms with E-state index in [2.05, 4.69) is 16.0 Å². The summed E-state index contributed by atoms with van der Waals surface area (Å²) in [5.74, 6) is -0.0729. The van der Waals surface area contributed by atoms with Crippen LogP contribution in [0.25, 0.3) is 32.2 Å². The second-order valence-electron chi connectivity index (χ2n) is 5.89. The van der Waals surface area contributed by atoms with Crippen molar-refractivity contribution < 1.29 is 4.79 Å². The van der Waals surface area contributed by atoms with Gasteiger partial charge in [-0.1, -0.05) is 18.2 Å². The summed E-state index contributed by atoms with van der Waals surface area (Å²) in [6.07, 6.45) is 1.88. The predicted octanol–water partition coefficient (Wildman–Crippen LogP) is 4.41. The molecule has 0 radical (unpaired) electrons. The third kappa shape index (κ3) is 2.13. The van der Waals surface area contributed by atoms with E-state index in [1.54, 1.807) is 0 Å². The average Bonchev–Trinajstić information content (AvgIpc) is 3.14. The lowest BCUT2D eigenvalue weighted by molar-refractivity contribution is 0.101. The van der Waals surface area contributed by atoms with E-state index in [1.807, 2.05) is 37.4 Å². The molecule has 1 aromatic carbocycles. The molecule has 0 saturated heterocycles. The zero-order valence-corrected chi connectivity index (χ0v) is 14.5. The van der Waals surface area contributed by atoms with Crippen molar-refractivity contribution in [1.82, 2.24) is 9.97 Å². The minimum absolute atomic E-state index is 0.0729. The third-order valence-corrected chi connectivity index (χ3v) is 5.37. The van der Waals surface area contributed by atoms with Gasteiger partial charge in [-0.3, -0.25) is 4.79 Å². The number of H-pyrrole nitrogens is 1.